The fourth-order valence-corrected chi connectivity index (χ4v) is 8.21. The zero-order valence-corrected chi connectivity index (χ0v) is 49.7. The van der Waals surface area contributed by atoms with Gasteiger partial charge in [0.2, 0.25) is 0 Å². The summed E-state index contributed by atoms with van der Waals surface area (Å²) in [5.41, 5.74) is 0. The molecule has 0 N–H and O–H groups in total. The Morgan fingerprint density at radius 2 is 0.506 bits per heavy atom. The largest absolute Gasteiger partial charge is 0.462 e. The molecule has 0 aliphatic carbocycles. The van der Waals surface area contributed by atoms with Crippen LogP contribution in [0, 0.1) is 0 Å². The molecular weight excluding hydrogens is 949 g/mol. The molecule has 6 nitrogen and oxygen atoms in total. The molecule has 0 radical (unpaired) electrons. The Kier molecular flexibility index (Phi) is 59.9. The van der Waals surface area contributed by atoms with Gasteiger partial charge in [0.15, 0.2) is 6.10 Å². The molecule has 6 heteroatoms. The van der Waals surface area contributed by atoms with Gasteiger partial charge in [-0.1, -0.05) is 269 Å². The quantitative estimate of drug-likeness (QED) is 0.0261. The summed E-state index contributed by atoms with van der Waals surface area (Å²) in [5.74, 6) is -0.927. The molecule has 0 saturated heterocycles. The summed E-state index contributed by atoms with van der Waals surface area (Å²) in [5, 5.41) is 0. The molecule has 1 unspecified atom stereocenters. The van der Waals surface area contributed by atoms with E-state index in [0.717, 1.165) is 161 Å². The van der Waals surface area contributed by atoms with Crippen LogP contribution in [0.2, 0.25) is 0 Å². The predicted octanol–water partition coefficient (Wildman–Crippen LogP) is 21.5. The van der Waals surface area contributed by atoms with Crippen molar-refractivity contribution in [3.8, 4) is 0 Å². The van der Waals surface area contributed by atoms with E-state index in [9.17, 15) is 14.4 Å². The van der Waals surface area contributed by atoms with Gasteiger partial charge in [-0.2, -0.15) is 0 Å². The maximum atomic E-state index is 12.9. The fourth-order valence-electron chi connectivity index (χ4n) is 8.21. The Bertz CT molecular complexity index is 1700. The maximum absolute atomic E-state index is 12.9. The van der Waals surface area contributed by atoms with Crippen LogP contribution >= 0.6 is 0 Å². The Morgan fingerprint density at radius 3 is 0.792 bits per heavy atom. The van der Waals surface area contributed by atoms with Gasteiger partial charge in [0, 0.05) is 19.3 Å². The van der Waals surface area contributed by atoms with Crippen molar-refractivity contribution in [2.45, 2.75) is 271 Å². The first-order chi connectivity index (χ1) is 38.0. The van der Waals surface area contributed by atoms with Crippen molar-refractivity contribution in [3.05, 3.63) is 146 Å². The predicted molar refractivity (Wildman–Crippen MR) is 334 cm³/mol. The van der Waals surface area contributed by atoms with E-state index in [1.807, 2.05) is 0 Å². The summed E-state index contributed by atoms with van der Waals surface area (Å²) in [4.78, 5) is 38.2. The van der Waals surface area contributed by atoms with Crippen molar-refractivity contribution in [3.63, 3.8) is 0 Å². The summed E-state index contributed by atoms with van der Waals surface area (Å²) < 4.78 is 16.9. The van der Waals surface area contributed by atoms with E-state index in [0.29, 0.717) is 19.3 Å². The number of allylic oxidation sites excluding steroid dienone is 24. The van der Waals surface area contributed by atoms with Gasteiger partial charge >= 0.3 is 17.9 Å². The van der Waals surface area contributed by atoms with Crippen molar-refractivity contribution in [1.82, 2.24) is 0 Å². The molecule has 0 aromatic carbocycles. The van der Waals surface area contributed by atoms with Crippen LogP contribution in [0.4, 0.5) is 0 Å². The second-order valence-electron chi connectivity index (χ2n) is 20.2. The van der Waals surface area contributed by atoms with E-state index in [2.05, 4.69) is 167 Å². The Morgan fingerprint density at radius 1 is 0.273 bits per heavy atom. The molecule has 0 aromatic rings. The van der Waals surface area contributed by atoms with E-state index in [4.69, 9.17) is 14.2 Å². The standard InChI is InChI=1S/C71H114O6/c1-4-7-10-13-16-19-21-23-25-27-29-31-33-35-37-39-41-43-45-47-49-52-55-58-61-64-70(73)76-67-68(66-75-69(72)63-60-57-54-51-18-15-12-9-6-3)77-71(74)65-62-59-56-53-50-48-46-44-42-40-38-36-34-32-30-28-26-24-22-20-17-14-11-8-5-2/h7-8,10-11,16-17,19-20,23-26,29-32,35-38,41-44,68H,4-6,9,12-15,18,21-22,27-28,33-34,39-40,45-67H2,1-3H3/b10-7-,11-8-,19-16-,20-17-,25-23-,26-24-,31-29-,32-30-,37-35-,38-36-,43-41-,44-42-. The van der Waals surface area contributed by atoms with Gasteiger partial charge in [0.25, 0.3) is 0 Å². The molecule has 0 spiro atoms. The average molecular weight is 1060 g/mol. The van der Waals surface area contributed by atoms with Gasteiger partial charge in [0.05, 0.1) is 0 Å². The number of hydrogen-bond acceptors (Lipinski definition) is 6. The molecule has 0 aromatic heterocycles. The molecule has 0 heterocycles. The highest BCUT2D eigenvalue weighted by Gasteiger charge is 2.19. The van der Waals surface area contributed by atoms with E-state index in [1.165, 1.54) is 64.2 Å². The number of carbonyl (C=O) groups excluding carboxylic acids is 3. The summed E-state index contributed by atoms with van der Waals surface area (Å²) in [6, 6.07) is 0. The zero-order chi connectivity index (χ0) is 55.7. The summed E-state index contributed by atoms with van der Waals surface area (Å²) in [6.07, 6.45) is 91.4. The normalized spacial score (nSPS) is 13.1. The first-order valence-electron chi connectivity index (χ1n) is 31.3. The second kappa shape index (κ2) is 63.8. The highest BCUT2D eigenvalue weighted by molar-refractivity contribution is 5.71. The number of unbranched alkanes of at least 4 members (excludes halogenated alkanes) is 20. The van der Waals surface area contributed by atoms with Crippen molar-refractivity contribution in [1.29, 1.82) is 0 Å². The number of rotatable bonds is 55. The molecule has 0 rings (SSSR count). The summed E-state index contributed by atoms with van der Waals surface area (Å²) in [7, 11) is 0. The Balaban J connectivity index is 4.34. The molecule has 0 bridgehead atoms. The number of carbonyl (C=O) groups is 3. The lowest BCUT2D eigenvalue weighted by molar-refractivity contribution is -0.167. The molecule has 434 valence electrons. The van der Waals surface area contributed by atoms with Crippen molar-refractivity contribution in [2.75, 3.05) is 13.2 Å². The van der Waals surface area contributed by atoms with Crippen LogP contribution in [-0.2, 0) is 28.6 Å². The summed E-state index contributed by atoms with van der Waals surface area (Å²) >= 11 is 0. The molecule has 0 fully saturated rings. The lowest BCUT2D eigenvalue weighted by Gasteiger charge is -2.18. The lowest BCUT2D eigenvalue weighted by Crippen LogP contribution is -2.30. The minimum atomic E-state index is -0.797. The lowest BCUT2D eigenvalue weighted by atomic mass is 10.1. The Hall–Kier alpha value is -4.71. The minimum absolute atomic E-state index is 0.0926. The van der Waals surface area contributed by atoms with Gasteiger partial charge in [-0.15, -0.1) is 0 Å². The third-order valence-electron chi connectivity index (χ3n) is 12.8. The van der Waals surface area contributed by atoms with Crippen molar-refractivity contribution in [2.24, 2.45) is 0 Å². The topological polar surface area (TPSA) is 78.9 Å². The smallest absolute Gasteiger partial charge is 0.306 e. The first kappa shape index (κ1) is 72.3. The van der Waals surface area contributed by atoms with Crippen LogP contribution in [-0.4, -0.2) is 37.2 Å². The van der Waals surface area contributed by atoms with E-state index in [1.54, 1.807) is 0 Å². The van der Waals surface area contributed by atoms with E-state index >= 15 is 0 Å². The van der Waals surface area contributed by atoms with Crippen LogP contribution in [0.15, 0.2) is 146 Å². The maximum Gasteiger partial charge on any atom is 0.306 e. The summed E-state index contributed by atoms with van der Waals surface area (Å²) in [6.45, 7) is 6.37. The van der Waals surface area contributed by atoms with Crippen molar-refractivity contribution < 1.29 is 28.6 Å². The molecule has 0 saturated carbocycles. The van der Waals surface area contributed by atoms with Crippen LogP contribution in [0.1, 0.15) is 265 Å². The number of esters is 3. The van der Waals surface area contributed by atoms with Gasteiger partial charge in [0.1, 0.15) is 13.2 Å². The number of hydrogen-bond donors (Lipinski definition) is 0. The van der Waals surface area contributed by atoms with Gasteiger partial charge in [-0.05, 0) is 122 Å². The third-order valence-corrected chi connectivity index (χ3v) is 12.8. The van der Waals surface area contributed by atoms with Gasteiger partial charge in [-0.3, -0.25) is 14.4 Å². The first-order valence-corrected chi connectivity index (χ1v) is 31.3. The highest BCUT2D eigenvalue weighted by atomic mass is 16.6. The van der Waals surface area contributed by atoms with Crippen molar-refractivity contribution >= 4 is 17.9 Å². The highest BCUT2D eigenvalue weighted by Crippen LogP contribution is 2.14. The molecular formula is C71H114O6. The third kappa shape index (κ3) is 62.0. The SMILES string of the molecule is CC/C=C\C/C=C\C/C=C\C/C=C\C/C=C\C/C=C\CCCCCCCCC(=O)OCC(COC(=O)CCCCCCCCCCC)OC(=O)CCCCCCCC/C=C\C/C=C\C/C=C\C/C=C\C/C=C\C/C=C\CC. The monoisotopic (exact) mass is 1060 g/mol. The van der Waals surface area contributed by atoms with Gasteiger partial charge < -0.3 is 14.2 Å². The zero-order valence-electron chi connectivity index (χ0n) is 49.7. The van der Waals surface area contributed by atoms with Crippen LogP contribution in [0.25, 0.3) is 0 Å². The van der Waals surface area contributed by atoms with E-state index in [-0.39, 0.29) is 31.1 Å². The van der Waals surface area contributed by atoms with Crippen LogP contribution in [0.3, 0.4) is 0 Å². The Labute approximate surface area is 474 Å². The van der Waals surface area contributed by atoms with Gasteiger partial charge in [-0.25, -0.2) is 0 Å². The van der Waals surface area contributed by atoms with Crippen LogP contribution in [0.5, 0.6) is 0 Å². The molecule has 1 atom stereocenters. The molecule has 77 heavy (non-hydrogen) atoms. The molecule has 0 amide bonds. The molecule has 0 aliphatic rings. The van der Waals surface area contributed by atoms with Crippen LogP contribution < -0.4 is 0 Å². The minimum Gasteiger partial charge on any atom is -0.462 e. The van der Waals surface area contributed by atoms with E-state index < -0.39 is 6.10 Å². The second-order valence-corrected chi connectivity index (χ2v) is 20.2. The number of ether oxygens (including phenoxy) is 3. The fraction of sp³-hybridized carbons (Fsp3) is 0.620. The molecule has 0 aliphatic heterocycles. The average Bonchev–Trinajstić information content (AvgIpc) is 3.43.